The molecule has 1 heterocycles. The van der Waals surface area contributed by atoms with Crippen molar-refractivity contribution in [3.63, 3.8) is 0 Å². The van der Waals surface area contributed by atoms with Gasteiger partial charge in [0.2, 0.25) is 5.91 Å². The molecule has 1 aromatic heterocycles. The molecule has 3 rings (SSSR count). The average molecular weight is 363 g/mol. The maximum absolute atomic E-state index is 12.6. The van der Waals surface area contributed by atoms with E-state index in [1.54, 1.807) is 0 Å². The SMILES string of the molecule is CCc1cccc2c(C(CC(=O)NCC(C)C)c3cccc(C)c3)c[nH]c12. The summed E-state index contributed by atoms with van der Waals surface area (Å²) < 4.78 is 0. The van der Waals surface area contributed by atoms with Crippen molar-refractivity contribution < 1.29 is 4.79 Å². The molecule has 0 fully saturated rings. The molecule has 3 nitrogen and oxygen atoms in total. The summed E-state index contributed by atoms with van der Waals surface area (Å²) in [4.78, 5) is 16.1. The summed E-state index contributed by atoms with van der Waals surface area (Å²) in [5, 5.41) is 4.30. The number of aryl methyl sites for hydroxylation is 2. The van der Waals surface area contributed by atoms with Crippen LogP contribution in [0.4, 0.5) is 0 Å². The highest BCUT2D eigenvalue weighted by Crippen LogP contribution is 2.34. The number of carbonyl (C=O) groups excluding carboxylic acids is 1. The van der Waals surface area contributed by atoms with Crippen molar-refractivity contribution in [1.82, 2.24) is 10.3 Å². The molecule has 1 amide bonds. The van der Waals surface area contributed by atoms with Gasteiger partial charge in [0, 0.05) is 36.0 Å². The molecule has 27 heavy (non-hydrogen) atoms. The third kappa shape index (κ3) is 4.41. The Morgan fingerprint density at radius 3 is 2.63 bits per heavy atom. The first-order chi connectivity index (χ1) is 13.0. The molecule has 0 saturated carbocycles. The Bertz CT molecular complexity index is 923. The molecule has 0 aliphatic heterocycles. The molecule has 0 saturated heterocycles. The Balaban J connectivity index is 2.01. The summed E-state index contributed by atoms with van der Waals surface area (Å²) in [7, 11) is 0. The second kappa shape index (κ2) is 8.43. The zero-order chi connectivity index (χ0) is 19.4. The fraction of sp³-hybridized carbons (Fsp3) is 0.375. The molecule has 142 valence electrons. The van der Waals surface area contributed by atoms with Crippen LogP contribution in [0.25, 0.3) is 10.9 Å². The predicted octanol–water partition coefficient (Wildman–Crippen LogP) is 5.33. The number of fused-ring (bicyclic) bond motifs is 1. The maximum atomic E-state index is 12.6. The number of carbonyl (C=O) groups is 1. The van der Waals surface area contributed by atoms with Crippen LogP contribution in [0.15, 0.2) is 48.7 Å². The van der Waals surface area contributed by atoms with Gasteiger partial charge < -0.3 is 10.3 Å². The second-order valence-electron chi connectivity index (χ2n) is 7.81. The Morgan fingerprint density at radius 1 is 1.15 bits per heavy atom. The van der Waals surface area contributed by atoms with Gasteiger partial charge >= 0.3 is 0 Å². The Hall–Kier alpha value is -2.55. The summed E-state index contributed by atoms with van der Waals surface area (Å²) >= 11 is 0. The maximum Gasteiger partial charge on any atom is 0.220 e. The number of amides is 1. The molecule has 3 heteroatoms. The molecule has 0 aliphatic carbocycles. The fourth-order valence-corrected chi connectivity index (χ4v) is 3.69. The molecule has 1 atom stereocenters. The largest absolute Gasteiger partial charge is 0.361 e. The number of benzene rings is 2. The highest BCUT2D eigenvalue weighted by Gasteiger charge is 2.22. The Morgan fingerprint density at radius 2 is 1.93 bits per heavy atom. The van der Waals surface area contributed by atoms with Crippen molar-refractivity contribution >= 4 is 16.8 Å². The first-order valence-corrected chi connectivity index (χ1v) is 9.91. The lowest BCUT2D eigenvalue weighted by Crippen LogP contribution is -2.28. The number of hydrogen-bond donors (Lipinski definition) is 2. The van der Waals surface area contributed by atoms with Gasteiger partial charge in [0.15, 0.2) is 0 Å². The van der Waals surface area contributed by atoms with Gasteiger partial charge in [0.1, 0.15) is 0 Å². The van der Waals surface area contributed by atoms with Crippen LogP contribution < -0.4 is 5.32 Å². The van der Waals surface area contributed by atoms with Crippen molar-refractivity contribution in [3.8, 4) is 0 Å². The van der Waals surface area contributed by atoms with Crippen LogP contribution in [0.2, 0.25) is 0 Å². The van der Waals surface area contributed by atoms with Crippen molar-refractivity contribution in [2.24, 2.45) is 5.92 Å². The molecule has 2 aromatic carbocycles. The van der Waals surface area contributed by atoms with Gasteiger partial charge in [-0.2, -0.15) is 0 Å². The number of nitrogens with one attached hydrogen (secondary N) is 2. The van der Waals surface area contributed by atoms with Crippen molar-refractivity contribution in [2.45, 2.75) is 46.5 Å². The van der Waals surface area contributed by atoms with E-state index < -0.39 is 0 Å². The summed E-state index contributed by atoms with van der Waals surface area (Å²) in [5.41, 5.74) is 6.11. The van der Waals surface area contributed by atoms with Gasteiger partial charge in [0.05, 0.1) is 0 Å². The normalized spacial score (nSPS) is 12.5. The molecule has 3 aromatic rings. The number of rotatable bonds is 7. The van der Waals surface area contributed by atoms with E-state index in [0.29, 0.717) is 18.9 Å². The smallest absolute Gasteiger partial charge is 0.220 e. The number of hydrogen-bond acceptors (Lipinski definition) is 1. The molecule has 0 aliphatic rings. The second-order valence-corrected chi connectivity index (χ2v) is 7.81. The molecule has 2 N–H and O–H groups in total. The first kappa shape index (κ1) is 19.2. The third-order valence-corrected chi connectivity index (χ3v) is 5.13. The summed E-state index contributed by atoms with van der Waals surface area (Å²) in [6.07, 6.45) is 3.54. The summed E-state index contributed by atoms with van der Waals surface area (Å²) in [6, 6.07) is 15.0. The number of para-hydroxylation sites is 1. The van der Waals surface area contributed by atoms with E-state index in [4.69, 9.17) is 0 Å². The van der Waals surface area contributed by atoms with E-state index in [1.807, 2.05) is 0 Å². The molecule has 0 spiro atoms. The third-order valence-electron chi connectivity index (χ3n) is 5.13. The minimum atomic E-state index is 0.0397. The lowest BCUT2D eigenvalue weighted by molar-refractivity contribution is -0.121. The van der Waals surface area contributed by atoms with Crippen molar-refractivity contribution in [1.29, 1.82) is 0 Å². The summed E-state index contributed by atoms with van der Waals surface area (Å²) in [6.45, 7) is 9.22. The number of H-pyrrole nitrogens is 1. The highest BCUT2D eigenvalue weighted by atomic mass is 16.1. The van der Waals surface area contributed by atoms with Crippen molar-refractivity contribution in [2.75, 3.05) is 6.54 Å². The molecule has 1 unspecified atom stereocenters. The molecular formula is C24H30N2O. The zero-order valence-corrected chi connectivity index (χ0v) is 16.8. The monoisotopic (exact) mass is 362 g/mol. The minimum Gasteiger partial charge on any atom is -0.361 e. The Kier molecular flexibility index (Phi) is 6.00. The first-order valence-electron chi connectivity index (χ1n) is 9.91. The van der Waals surface area contributed by atoms with Crippen LogP contribution in [-0.2, 0) is 11.2 Å². The van der Waals surface area contributed by atoms with E-state index in [9.17, 15) is 4.79 Å². The van der Waals surface area contributed by atoms with Gasteiger partial charge in [-0.3, -0.25) is 4.79 Å². The quantitative estimate of drug-likeness (QED) is 0.586. The highest BCUT2D eigenvalue weighted by molar-refractivity contribution is 5.88. The lowest BCUT2D eigenvalue weighted by Gasteiger charge is -2.18. The van der Waals surface area contributed by atoms with Crippen LogP contribution in [0.1, 0.15) is 55.4 Å². The molecule has 0 bridgehead atoms. The van der Waals surface area contributed by atoms with Crippen LogP contribution >= 0.6 is 0 Å². The average Bonchev–Trinajstić information content (AvgIpc) is 3.08. The van der Waals surface area contributed by atoms with Crippen LogP contribution in [-0.4, -0.2) is 17.4 Å². The van der Waals surface area contributed by atoms with Crippen LogP contribution in [0, 0.1) is 12.8 Å². The van der Waals surface area contributed by atoms with Crippen molar-refractivity contribution in [3.05, 3.63) is 70.9 Å². The van der Waals surface area contributed by atoms with E-state index in [-0.39, 0.29) is 11.8 Å². The van der Waals surface area contributed by atoms with E-state index in [2.05, 4.69) is 86.7 Å². The zero-order valence-electron chi connectivity index (χ0n) is 16.8. The number of aromatic amines is 1. The fourth-order valence-electron chi connectivity index (χ4n) is 3.69. The lowest BCUT2D eigenvalue weighted by atomic mass is 9.87. The van der Waals surface area contributed by atoms with E-state index >= 15 is 0 Å². The Labute approximate surface area is 162 Å². The topological polar surface area (TPSA) is 44.9 Å². The van der Waals surface area contributed by atoms with Gasteiger partial charge in [-0.15, -0.1) is 0 Å². The van der Waals surface area contributed by atoms with Gasteiger partial charge in [0.25, 0.3) is 0 Å². The minimum absolute atomic E-state index is 0.0397. The molecule has 0 radical (unpaired) electrons. The van der Waals surface area contributed by atoms with E-state index in [0.717, 1.165) is 6.42 Å². The van der Waals surface area contributed by atoms with Gasteiger partial charge in [-0.25, -0.2) is 0 Å². The van der Waals surface area contributed by atoms with Gasteiger partial charge in [-0.1, -0.05) is 68.8 Å². The predicted molar refractivity (Wildman–Crippen MR) is 113 cm³/mol. The number of aromatic nitrogens is 1. The van der Waals surface area contributed by atoms with E-state index in [1.165, 1.54) is 33.2 Å². The summed E-state index contributed by atoms with van der Waals surface area (Å²) in [5.74, 6) is 0.598. The van der Waals surface area contributed by atoms with Gasteiger partial charge in [-0.05, 0) is 36.0 Å². The van der Waals surface area contributed by atoms with Crippen LogP contribution in [0.5, 0.6) is 0 Å². The molecular weight excluding hydrogens is 332 g/mol. The standard InChI is InChI=1S/C24H30N2O/c1-5-18-9-7-11-20-22(15-26-24(18)20)21(13-23(27)25-14-16(2)3)19-10-6-8-17(4)12-19/h6-12,15-16,21,26H,5,13-14H2,1-4H3,(H,25,27). The van der Waals surface area contributed by atoms with Crippen LogP contribution in [0.3, 0.4) is 0 Å².